The Labute approximate surface area is 234 Å². The Morgan fingerprint density at radius 1 is 1.15 bits per heavy atom. The summed E-state index contributed by atoms with van der Waals surface area (Å²) in [6.45, 7) is 5.54. The number of anilines is 1. The highest BCUT2D eigenvalue weighted by Crippen LogP contribution is 2.40. The summed E-state index contributed by atoms with van der Waals surface area (Å²) in [5.41, 5.74) is -1.37. The van der Waals surface area contributed by atoms with Gasteiger partial charge >= 0.3 is 12.1 Å². The number of methoxy groups -OCH3 is 1. The van der Waals surface area contributed by atoms with Crippen molar-refractivity contribution in [2.24, 2.45) is 11.8 Å². The minimum Gasteiger partial charge on any atom is -0.465 e. The van der Waals surface area contributed by atoms with E-state index in [-0.39, 0.29) is 35.2 Å². The number of pyridine rings is 1. The van der Waals surface area contributed by atoms with E-state index in [4.69, 9.17) is 9.47 Å². The summed E-state index contributed by atoms with van der Waals surface area (Å²) in [4.78, 5) is 31.5. The van der Waals surface area contributed by atoms with E-state index in [2.05, 4.69) is 22.2 Å². The maximum atomic E-state index is 15.5. The number of hydrogen-bond donors (Lipinski definition) is 0. The Kier molecular flexibility index (Phi) is 8.93. The van der Waals surface area contributed by atoms with E-state index >= 15 is 4.39 Å². The summed E-state index contributed by atoms with van der Waals surface area (Å²) in [6.07, 6.45) is 2.19. The number of amides is 1. The van der Waals surface area contributed by atoms with Crippen molar-refractivity contribution in [3.05, 3.63) is 59.3 Å². The number of halogens is 4. The summed E-state index contributed by atoms with van der Waals surface area (Å²) >= 11 is 0. The zero-order chi connectivity index (χ0) is 29.9. The zero-order valence-corrected chi connectivity index (χ0v) is 23.1. The van der Waals surface area contributed by atoms with Crippen LogP contribution in [0.5, 0.6) is 11.6 Å². The van der Waals surface area contributed by atoms with Gasteiger partial charge in [-0.2, -0.15) is 13.2 Å². The van der Waals surface area contributed by atoms with Gasteiger partial charge < -0.3 is 14.4 Å². The molecule has 3 aromatic rings. The van der Waals surface area contributed by atoms with Gasteiger partial charge in [0.25, 0.3) is 0 Å². The van der Waals surface area contributed by atoms with Gasteiger partial charge in [-0.15, -0.1) is 5.10 Å². The highest BCUT2D eigenvalue weighted by Gasteiger charge is 2.37. The molecule has 9 nitrogen and oxygen atoms in total. The van der Waals surface area contributed by atoms with Crippen LogP contribution >= 0.6 is 0 Å². The van der Waals surface area contributed by atoms with Gasteiger partial charge in [-0.3, -0.25) is 4.79 Å². The lowest BCUT2D eigenvalue weighted by atomic mass is 9.82. The van der Waals surface area contributed by atoms with E-state index < -0.39 is 41.2 Å². The van der Waals surface area contributed by atoms with Crippen molar-refractivity contribution < 1.29 is 36.6 Å². The normalized spacial score (nSPS) is 17.4. The Hall–Kier alpha value is -4.03. The second-order valence-electron chi connectivity index (χ2n) is 10.4. The van der Waals surface area contributed by atoms with Crippen LogP contribution < -0.4 is 9.64 Å². The van der Waals surface area contributed by atoms with Crippen molar-refractivity contribution in [1.82, 2.24) is 20.0 Å². The summed E-state index contributed by atoms with van der Waals surface area (Å²) in [5, 5.41) is 7.34. The SMILES string of the molecule is COC(=O)c1cc(Oc2ncc(Cn3ccnn3)cc2C(F)(F)F)c(F)cc1N(C(=O)C1CCC(C)CC1)C(C)C. The van der Waals surface area contributed by atoms with Crippen molar-refractivity contribution >= 4 is 17.6 Å². The molecule has 0 saturated heterocycles. The molecule has 2 heterocycles. The van der Waals surface area contributed by atoms with E-state index in [0.717, 1.165) is 44.3 Å². The minimum absolute atomic E-state index is 0.0368. The van der Waals surface area contributed by atoms with Crippen LogP contribution in [-0.2, 0) is 22.3 Å². The van der Waals surface area contributed by atoms with Crippen LogP contribution in [0.2, 0.25) is 0 Å². The Bertz CT molecular complexity index is 1390. The average Bonchev–Trinajstić information content (AvgIpc) is 3.43. The molecule has 1 aromatic carbocycles. The first-order valence-corrected chi connectivity index (χ1v) is 13.2. The number of hydrogen-bond acceptors (Lipinski definition) is 7. The van der Waals surface area contributed by atoms with Crippen molar-refractivity contribution in [2.45, 2.75) is 65.2 Å². The molecule has 41 heavy (non-hydrogen) atoms. The Balaban J connectivity index is 1.72. The first-order chi connectivity index (χ1) is 19.4. The number of esters is 1. The molecule has 1 fully saturated rings. The molecule has 0 unspecified atom stereocenters. The summed E-state index contributed by atoms with van der Waals surface area (Å²) in [7, 11) is 1.11. The van der Waals surface area contributed by atoms with Crippen LogP contribution in [0.1, 0.15) is 67.9 Å². The van der Waals surface area contributed by atoms with Crippen LogP contribution in [0.3, 0.4) is 0 Å². The Morgan fingerprint density at radius 3 is 2.44 bits per heavy atom. The third-order valence-electron chi connectivity index (χ3n) is 7.07. The average molecular weight is 578 g/mol. The van der Waals surface area contributed by atoms with Crippen molar-refractivity contribution in [2.75, 3.05) is 12.0 Å². The molecule has 0 aliphatic heterocycles. The van der Waals surface area contributed by atoms with Gasteiger partial charge in [0.05, 0.1) is 31.1 Å². The van der Waals surface area contributed by atoms with E-state index in [9.17, 15) is 22.8 Å². The van der Waals surface area contributed by atoms with Crippen LogP contribution in [0.25, 0.3) is 0 Å². The fraction of sp³-hybridized carbons (Fsp3) is 0.464. The number of benzene rings is 1. The van der Waals surface area contributed by atoms with Gasteiger partial charge in [0.15, 0.2) is 11.6 Å². The fourth-order valence-corrected chi connectivity index (χ4v) is 4.92. The van der Waals surface area contributed by atoms with Gasteiger partial charge in [0.2, 0.25) is 11.8 Å². The molecular formula is C28H31F4N5O4. The van der Waals surface area contributed by atoms with E-state index in [0.29, 0.717) is 18.8 Å². The predicted molar refractivity (Wildman–Crippen MR) is 140 cm³/mol. The molecule has 0 atom stereocenters. The molecule has 0 spiro atoms. The predicted octanol–water partition coefficient (Wildman–Crippen LogP) is 6.03. The van der Waals surface area contributed by atoms with Crippen molar-refractivity contribution in [1.29, 1.82) is 0 Å². The largest absolute Gasteiger partial charge is 0.465 e. The summed E-state index contributed by atoms with van der Waals surface area (Å²) in [5.74, 6) is -3.63. The third-order valence-corrected chi connectivity index (χ3v) is 7.07. The van der Waals surface area contributed by atoms with E-state index in [1.807, 2.05) is 0 Å². The number of nitrogens with zero attached hydrogens (tertiary/aromatic N) is 5. The molecule has 4 rings (SSSR count). The lowest BCUT2D eigenvalue weighted by Crippen LogP contribution is -2.43. The first kappa shape index (κ1) is 29.9. The lowest BCUT2D eigenvalue weighted by Gasteiger charge is -2.34. The topological polar surface area (TPSA) is 99.4 Å². The third kappa shape index (κ3) is 6.83. The van der Waals surface area contributed by atoms with Gasteiger partial charge in [0.1, 0.15) is 5.56 Å². The van der Waals surface area contributed by atoms with Gasteiger partial charge in [0, 0.05) is 36.5 Å². The quantitative estimate of drug-likeness (QED) is 0.238. The molecule has 1 aliphatic rings. The molecule has 1 saturated carbocycles. The smallest absolute Gasteiger partial charge is 0.421 e. The van der Waals surface area contributed by atoms with Crippen LogP contribution in [0, 0.1) is 17.7 Å². The van der Waals surface area contributed by atoms with Gasteiger partial charge in [-0.1, -0.05) is 12.1 Å². The molecule has 1 aliphatic carbocycles. The second-order valence-corrected chi connectivity index (χ2v) is 10.4. The number of rotatable bonds is 8. The summed E-state index contributed by atoms with van der Waals surface area (Å²) < 4.78 is 68.9. The number of carbonyl (C=O) groups is 2. The number of alkyl halides is 3. The number of aromatic nitrogens is 4. The van der Waals surface area contributed by atoms with Crippen LogP contribution in [0.4, 0.5) is 23.2 Å². The van der Waals surface area contributed by atoms with Crippen LogP contribution in [0.15, 0.2) is 36.8 Å². The molecule has 220 valence electrons. The van der Waals surface area contributed by atoms with E-state index in [1.165, 1.54) is 22.0 Å². The maximum Gasteiger partial charge on any atom is 0.421 e. The first-order valence-electron chi connectivity index (χ1n) is 13.2. The molecule has 2 aromatic heterocycles. The second kappa shape index (κ2) is 12.2. The molecular weight excluding hydrogens is 546 g/mol. The maximum absolute atomic E-state index is 15.5. The number of ether oxygens (including phenoxy) is 2. The molecule has 0 bridgehead atoms. The zero-order valence-electron chi connectivity index (χ0n) is 23.1. The highest BCUT2D eigenvalue weighted by molar-refractivity contribution is 6.04. The minimum atomic E-state index is -4.89. The Morgan fingerprint density at radius 2 is 1.85 bits per heavy atom. The summed E-state index contributed by atoms with van der Waals surface area (Å²) in [6, 6.07) is 2.22. The van der Waals surface area contributed by atoms with Gasteiger partial charge in [-0.25, -0.2) is 18.9 Å². The molecule has 0 N–H and O–H groups in total. The molecule has 13 heteroatoms. The van der Waals surface area contributed by atoms with Crippen LogP contribution in [-0.4, -0.2) is 45.0 Å². The van der Waals surface area contributed by atoms with Crippen molar-refractivity contribution in [3.63, 3.8) is 0 Å². The fourth-order valence-electron chi connectivity index (χ4n) is 4.92. The highest BCUT2D eigenvalue weighted by atomic mass is 19.4. The molecule has 1 amide bonds. The molecule has 0 radical (unpaired) electrons. The van der Waals surface area contributed by atoms with Crippen molar-refractivity contribution in [3.8, 4) is 11.6 Å². The monoisotopic (exact) mass is 577 g/mol. The standard InChI is InChI=1S/C28H31F4N5O4/c1-16(2)37(26(38)19-7-5-17(3)6-8-19)23-13-22(29)24(12-20(23)27(39)40-4)41-25-21(28(30,31)32)11-18(14-33-25)15-36-10-9-34-35-36/h9-14,16-17,19H,5-8,15H2,1-4H3. The van der Waals surface area contributed by atoms with E-state index in [1.54, 1.807) is 13.8 Å². The number of carbonyl (C=O) groups excluding carboxylic acids is 2. The van der Waals surface area contributed by atoms with Gasteiger partial charge in [-0.05, 0) is 57.1 Å². The lowest BCUT2D eigenvalue weighted by molar-refractivity contribution is -0.139.